The van der Waals surface area contributed by atoms with Gasteiger partial charge in [0, 0.05) is 38.1 Å². The zero-order valence-electron chi connectivity index (χ0n) is 13.5. The average molecular weight is 366 g/mol. The minimum absolute atomic E-state index is 0. The van der Waals surface area contributed by atoms with E-state index in [0.29, 0.717) is 32.6 Å². The van der Waals surface area contributed by atoms with E-state index >= 15 is 0 Å². The van der Waals surface area contributed by atoms with Crippen molar-refractivity contribution in [1.82, 2.24) is 9.21 Å². The SMILES string of the molecule is Cl.NC1CCN(S(=O)(=O)C2CCCN(C(=O)C3CCCC3)C2)C1. The molecule has 2 N–H and O–H groups in total. The quantitative estimate of drug-likeness (QED) is 0.807. The predicted octanol–water partition coefficient (Wildman–Crippen LogP) is 0.952. The van der Waals surface area contributed by atoms with Gasteiger partial charge in [-0.1, -0.05) is 12.8 Å². The fraction of sp³-hybridized carbons (Fsp3) is 0.933. The van der Waals surface area contributed by atoms with Gasteiger partial charge in [0.15, 0.2) is 0 Å². The molecule has 2 saturated heterocycles. The number of halogens is 1. The molecule has 0 aromatic heterocycles. The molecule has 0 aromatic rings. The number of nitrogens with zero attached hydrogens (tertiary/aromatic N) is 2. The number of likely N-dealkylation sites (tertiary alicyclic amines) is 1. The maximum absolute atomic E-state index is 12.8. The molecule has 8 heteroatoms. The third-order valence-corrected chi connectivity index (χ3v) is 7.64. The second-order valence-corrected chi connectivity index (χ2v) is 9.19. The second-order valence-electron chi connectivity index (χ2n) is 6.98. The summed E-state index contributed by atoms with van der Waals surface area (Å²) in [5, 5.41) is -0.447. The summed E-state index contributed by atoms with van der Waals surface area (Å²) in [4.78, 5) is 14.3. The number of amides is 1. The zero-order chi connectivity index (χ0) is 15.7. The molecular formula is C15H28ClN3O3S. The Bertz CT molecular complexity index is 522. The van der Waals surface area contributed by atoms with E-state index in [4.69, 9.17) is 5.73 Å². The van der Waals surface area contributed by atoms with Crippen LogP contribution in [0.15, 0.2) is 0 Å². The van der Waals surface area contributed by atoms with Crippen molar-refractivity contribution in [3.63, 3.8) is 0 Å². The highest BCUT2D eigenvalue weighted by Crippen LogP contribution is 2.29. The normalized spacial score (nSPS) is 30.4. The van der Waals surface area contributed by atoms with E-state index in [9.17, 15) is 13.2 Å². The molecule has 0 bridgehead atoms. The highest BCUT2D eigenvalue weighted by atomic mass is 35.5. The van der Waals surface area contributed by atoms with Crippen molar-refractivity contribution in [2.24, 2.45) is 11.7 Å². The van der Waals surface area contributed by atoms with Gasteiger partial charge in [0.1, 0.15) is 0 Å². The summed E-state index contributed by atoms with van der Waals surface area (Å²) in [5.74, 6) is 0.303. The highest BCUT2D eigenvalue weighted by Gasteiger charge is 2.40. The van der Waals surface area contributed by atoms with E-state index < -0.39 is 15.3 Å². The van der Waals surface area contributed by atoms with Crippen molar-refractivity contribution >= 4 is 28.3 Å². The van der Waals surface area contributed by atoms with Crippen LogP contribution in [0.4, 0.5) is 0 Å². The van der Waals surface area contributed by atoms with E-state index in [-0.39, 0.29) is 30.3 Å². The minimum Gasteiger partial charge on any atom is -0.341 e. The van der Waals surface area contributed by atoms with E-state index in [1.54, 1.807) is 4.90 Å². The molecule has 1 saturated carbocycles. The van der Waals surface area contributed by atoms with Crippen LogP contribution in [0.25, 0.3) is 0 Å². The monoisotopic (exact) mass is 365 g/mol. The van der Waals surface area contributed by atoms with Gasteiger partial charge in [0.25, 0.3) is 0 Å². The molecule has 2 heterocycles. The van der Waals surface area contributed by atoms with Crippen molar-refractivity contribution < 1.29 is 13.2 Å². The van der Waals surface area contributed by atoms with Crippen LogP contribution in [-0.4, -0.2) is 61.0 Å². The molecule has 3 fully saturated rings. The van der Waals surface area contributed by atoms with Crippen LogP contribution in [0.5, 0.6) is 0 Å². The summed E-state index contributed by atoms with van der Waals surface area (Å²) in [7, 11) is -3.33. The Morgan fingerprint density at radius 1 is 0.957 bits per heavy atom. The summed E-state index contributed by atoms with van der Waals surface area (Å²) in [6, 6.07) is -0.0467. The van der Waals surface area contributed by atoms with Crippen LogP contribution < -0.4 is 5.73 Å². The summed E-state index contributed by atoms with van der Waals surface area (Å²) < 4.78 is 27.0. The number of carbonyl (C=O) groups excluding carboxylic acids is 1. The van der Waals surface area contributed by atoms with E-state index in [2.05, 4.69) is 0 Å². The molecule has 2 unspecified atom stereocenters. The van der Waals surface area contributed by atoms with Crippen LogP contribution >= 0.6 is 12.4 Å². The summed E-state index contributed by atoms with van der Waals surface area (Å²) in [6.45, 7) is 2.02. The van der Waals surface area contributed by atoms with Crippen LogP contribution in [0.2, 0.25) is 0 Å². The average Bonchev–Trinajstić information content (AvgIpc) is 3.18. The van der Waals surface area contributed by atoms with Crippen LogP contribution in [0.3, 0.4) is 0 Å². The lowest BCUT2D eigenvalue weighted by atomic mass is 10.0. The Morgan fingerprint density at radius 2 is 1.65 bits per heavy atom. The maximum Gasteiger partial charge on any atom is 0.225 e. The summed E-state index contributed by atoms with van der Waals surface area (Å²) in [5.41, 5.74) is 5.84. The molecule has 1 amide bonds. The lowest BCUT2D eigenvalue weighted by molar-refractivity contribution is -0.136. The molecule has 0 spiro atoms. The van der Waals surface area contributed by atoms with Gasteiger partial charge in [-0.3, -0.25) is 4.79 Å². The fourth-order valence-corrected chi connectivity index (χ4v) is 6.02. The Hall–Kier alpha value is -0.370. The number of rotatable bonds is 3. The first-order valence-electron chi connectivity index (χ1n) is 8.52. The van der Waals surface area contributed by atoms with Crippen molar-refractivity contribution in [3.8, 4) is 0 Å². The highest BCUT2D eigenvalue weighted by molar-refractivity contribution is 7.89. The van der Waals surface area contributed by atoms with Crippen molar-refractivity contribution in [1.29, 1.82) is 0 Å². The van der Waals surface area contributed by atoms with Crippen molar-refractivity contribution in [2.45, 2.75) is 56.2 Å². The third-order valence-electron chi connectivity index (χ3n) is 5.36. The Morgan fingerprint density at radius 3 is 2.26 bits per heavy atom. The molecule has 3 rings (SSSR count). The Kier molecular flexibility index (Phi) is 6.33. The maximum atomic E-state index is 12.8. The number of nitrogens with two attached hydrogens (primary N) is 1. The van der Waals surface area contributed by atoms with E-state index in [1.807, 2.05) is 0 Å². The smallest absolute Gasteiger partial charge is 0.225 e. The molecule has 6 nitrogen and oxygen atoms in total. The molecule has 0 radical (unpaired) electrons. The summed E-state index contributed by atoms with van der Waals surface area (Å²) in [6.07, 6.45) is 6.35. The van der Waals surface area contributed by atoms with Gasteiger partial charge in [-0.05, 0) is 32.1 Å². The largest absolute Gasteiger partial charge is 0.341 e. The zero-order valence-corrected chi connectivity index (χ0v) is 15.2. The topological polar surface area (TPSA) is 83.7 Å². The molecule has 2 aliphatic heterocycles. The molecule has 23 heavy (non-hydrogen) atoms. The Labute approximate surface area is 145 Å². The number of carbonyl (C=O) groups is 1. The molecule has 0 aromatic carbocycles. The lowest BCUT2D eigenvalue weighted by Gasteiger charge is -2.35. The number of hydrogen-bond acceptors (Lipinski definition) is 4. The van der Waals surface area contributed by atoms with Gasteiger partial charge in [-0.2, -0.15) is 0 Å². The van der Waals surface area contributed by atoms with Crippen LogP contribution in [0.1, 0.15) is 44.9 Å². The summed E-state index contributed by atoms with van der Waals surface area (Å²) >= 11 is 0. The molecule has 2 atom stereocenters. The van der Waals surface area contributed by atoms with Crippen LogP contribution in [-0.2, 0) is 14.8 Å². The first kappa shape index (κ1) is 19.0. The molecule has 1 aliphatic carbocycles. The van der Waals surface area contributed by atoms with Crippen molar-refractivity contribution in [3.05, 3.63) is 0 Å². The first-order chi connectivity index (χ1) is 10.5. The standard InChI is InChI=1S/C15H27N3O3S.ClH/c16-13-7-9-18(10-13)22(20,21)14-6-3-8-17(11-14)15(19)12-4-1-2-5-12;/h12-14H,1-11,16H2;1H. The first-order valence-corrected chi connectivity index (χ1v) is 10.0. The Balaban J connectivity index is 0.00000192. The van der Waals surface area contributed by atoms with E-state index in [1.165, 1.54) is 4.31 Å². The lowest BCUT2D eigenvalue weighted by Crippen LogP contribution is -2.50. The van der Waals surface area contributed by atoms with Gasteiger partial charge >= 0.3 is 0 Å². The second kappa shape index (κ2) is 7.68. The minimum atomic E-state index is -3.33. The molecule has 3 aliphatic rings. The number of sulfonamides is 1. The van der Waals surface area contributed by atoms with Crippen LogP contribution in [0, 0.1) is 5.92 Å². The third kappa shape index (κ3) is 4.00. The van der Waals surface area contributed by atoms with Gasteiger partial charge in [-0.25, -0.2) is 12.7 Å². The van der Waals surface area contributed by atoms with Gasteiger partial charge in [-0.15, -0.1) is 12.4 Å². The predicted molar refractivity (Wildman–Crippen MR) is 91.9 cm³/mol. The van der Waals surface area contributed by atoms with Gasteiger partial charge in [0.05, 0.1) is 5.25 Å². The van der Waals surface area contributed by atoms with Gasteiger partial charge < -0.3 is 10.6 Å². The molecule has 134 valence electrons. The number of hydrogen-bond donors (Lipinski definition) is 1. The van der Waals surface area contributed by atoms with Crippen molar-refractivity contribution in [2.75, 3.05) is 26.2 Å². The molecular weight excluding hydrogens is 338 g/mol. The van der Waals surface area contributed by atoms with Gasteiger partial charge in [0.2, 0.25) is 15.9 Å². The number of piperidine rings is 1. The fourth-order valence-electron chi connectivity index (χ4n) is 4.01. The van der Waals surface area contributed by atoms with E-state index in [0.717, 1.165) is 38.5 Å².